The number of carbonyl (C=O) groups excluding carboxylic acids is 1. The average Bonchev–Trinajstić information content (AvgIpc) is 3.22. The summed E-state index contributed by atoms with van der Waals surface area (Å²) in [4.78, 5) is 22.7. The number of carbonyl (C=O) groups is 1. The lowest BCUT2D eigenvalue weighted by molar-refractivity contribution is 0.0827. The van der Waals surface area contributed by atoms with Crippen LogP contribution in [0.5, 0.6) is 0 Å². The van der Waals surface area contributed by atoms with Crippen LogP contribution in [0.2, 0.25) is 0 Å². The lowest BCUT2D eigenvalue weighted by Gasteiger charge is -2.12. The molecule has 152 valence electrons. The van der Waals surface area contributed by atoms with Crippen molar-refractivity contribution in [2.45, 2.75) is 19.4 Å². The molecule has 4 rings (SSSR count). The van der Waals surface area contributed by atoms with Crippen LogP contribution < -0.4 is 5.32 Å². The summed E-state index contributed by atoms with van der Waals surface area (Å²) in [7, 11) is 3.45. The molecule has 2 heterocycles. The van der Waals surface area contributed by atoms with Gasteiger partial charge in [0.15, 0.2) is 0 Å². The van der Waals surface area contributed by atoms with Crippen LogP contribution in [0.15, 0.2) is 59.2 Å². The summed E-state index contributed by atoms with van der Waals surface area (Å²) in [6.45, 7) is 1.84. The van der Waals surface area contributed by atoms with E-state index in [-0.39, 0.29) is 11.9 Å². The van der Waals surface area contributed by atoms with Crippen LogP contribution in [0.25, 0.3) is 22.8 Å². The van der Waals surface area contributed by atoms with Gasteiger partial charge in [-0.15, -0.1) is 5.10 Å². The highest BCUT2D eigenvalue weighted by molar-refractivity contribution is 5.94. The third-order valence-corrected chi connectivity index (χ3v) is 4.71. The van der Waals surface area contributed by atoms with Gasteiger partial charge in [-0.2, -0.15) is 0 Å². The molecule has 2 aromatic heterocycles. The number of hydrogen-bond donors (Lipinski definition) is 1. The topological polar surface area (TPSA) is 97.0 Å². The second-order valence-electron chi connectivity index (χ2n) is 7.18. The lowest BCUT2D eigenvalue weighted by atomic mass is 10.1. The molecule has 0 saturated carbocycles. The predicted molar refractivity (Wildman–Crippen MR) is 114 cm³/mol. The predicted octanol–water partition coefficient (Wildman–Crippen LogP) is 3.50. The first-order valence-corrected chi connectivity index (χ1v) is 9.61. The Morgan fingerprint density at radius 1 is 1.17 bits per heavy atom. The highest BCUT2D eigenvalue weighted by Crippen LogP contribution is 2.25. The molecule has 8 nitrogen and oxygen atoms in total. The maximum Gasteiger partial charge on any atom is 0.316 e. The van der Waals surface area contributed by atoms with Crippen LogP contribution in [0.3, 0.4) is 0 Å². The molecule has 0 fully saturated rings. The number of anilines is 1. The van der Waals surface area contributed by atoms with Gasteiger partial charge in [-0.25, -0.2) is 4.98 Å². The van der Waals surface area contributed by atoms with E-state index in [1.807, 2.05) is 37.3 Å². The van der Waals surface area contributed by atoms with E-state index in [2.05, 4.69) is 31.6 Å². The normalized spacial score (nSPS) is 15.2. The Balaban J connectivity index is 1.57. The van der Waals surface area contributed by atoms with Crippen LogP contribution in [0.1, 0.15) is 22.5 Å². The molecule has 0 aliphatic heterocycles. The zero-order chi connectivity index (χ0) is 21.1. The van der Waals surface area contributed by atoms with Crippen LogP contribution in [-0.2, 0) is 0 Å². The minimum atomic E-state index is -0.0496. The van der Waals surface area contributed by atoms with Gasteiger partial charge in [0.05, 0.1) is 23.6 Å². The molecular formula is C22H22N6O2. The Bertz CT molecular complexity index is 1110. The van der Waals surface area contributed by atoms with Crippen molar-refractivity contribution in [2.24, 2.45) is 0 Å². The molecule has 1 N–H and O–H groups in total. The molecule has 1 atom stereocenters. The number of nitrogens with one attached hydrogen (secondary N) is 1. The van der Waals surface area contributed by atoms with Crippen molar-refractivity contribution in [3.63, 3.8) is 0 Å². The number of rotatable bonds is 5. The maximum absolute atomic E-state index is 12.1. The molecule has 0 bridgehead atoms. The molecule has 1 aromatic carbocycles. The van der Waals surface area contributed by atoms with Gasteiger partial charge in [0, 0.05) is 25.2 Å². The zero-order valence-electron chi connectivity index (χ0n) is 17.0. The molecule has 0 saturated heterocycles. The van der Waals surface area contributed by atoms with Gasteiger partial charge in [0.1, 0.15) is 5.69 Å². The summed E-state index contributed by atoms with van der Waals surface area (Å²) in [6.07, 6.45) is 10.6. The zero-order valence-corrected chi connectivity index (χ0v) is 17.0. The quantitative estimate of drug-likeness (QED) is 0.697. The number of nitrogens with zero attached hydrogens (tertiary/aromatic N) is 5. The number of benzene rings is 1. The maximum atomic E-state index is 12.1. The number of amides is 1. The van der Waals surface area contributed by atoms with E-state index < -0.39 is 0 Å². The molecule has 1 aliphatic rings. The van der Waals surface area contributed by atoms with Crippen molar-refractivity contribution in [3.05, 3.63) is 66.0 Å². The molecular weight excluding hydrogens is 380 g/mol. The summed E-state index contributed by atoms with van der Waals surface area (Å²) in [6, 6.07) is 7.71. The lowest BCUT2D eigenvalue weighted by Crippen LogP contribution is -2.21. The van der Waals surface area contributed by atoms with E-state index in [0.717, 1.165) is 12.0 Å². The van der Waals surface area contributed by atoms with E-state index in [1.54, 1.807) is 37.3 Å². The summed E-state index contributed by atoms with van der Waals surface area (Å²) < 4.78 is 5.78. The summed E-state index contributed by atoms with van der Waals surface area (Å²) >= 11 is 0. The monoisotopic (exact) mass is 402 g/mol. The Morgan fingerprint density at radius 3 is 2.67 bits per heavy atom. The Labute approximate surface area is 174 Å². The van der Waals surface area contributed by atoms with Crippen LogP contribution in [0, 0.1) is 6.92 Å². The van der Waals surface area contributed by atoms with Gasteiger partial charge in [-0.1, -0.05) is 41.5 Å². The van der Waals surface area contributed by atoms with Crippen molar-refractivity contribution >= 4 is 11.9 Å². The van der Waals surface area contributed by atoms with Crippen molar-refractivity contribution in [1.82, 2.24) is 25.1 Å². The summed E-state index contributed by atoms with van der Waals surface area (Å²) in [5, 5.41) is 11.4. The summed E-state index contributed by atoms with van der Waals surface area (Å²) in [5.74, 6) is 0.255. The van der Waals surface area contributed by atoms with Gasteiger partial charge >= 0.3 is 6.01 Å². The standard InChI is InChI=1S/C22H22N6O2/c1-14-19(20-26-27-22(30-20)24-17-7-5-4-6-8-17)25-18(13-23-14)15-9-11-16(12-10-15)21(29)28(2)3/h4-7,9-13,17H,8H2,1-3H3,(H,24,27). The molecule has 0 spiro atoms. The molecule has 0 radical (unpaired) electrons. The molecule has 30 heavy (non-hydrogen) atoms. The van der Waals surface area contributed by atoms with Crippen molar-refractivity contribution < 1.29 is 9.21 Å². The van der Waals surface area contributed by atoms with Gasteiger partial charge in [0.25, 0.3) is 11.8 Å². The van der Waals surface area contributed by atoms with Crippen molar-refractivity contribution in [2.75, 3.05) is 19.4 Å². The highest BCUT2D eigenvalue weighted by Gasteiger charge is 2.17. The first kappa shape index (κ1) is 19.5. The van der Waals surface area contributed by atoms with Gasteiger partial charge in [-0.05, 0) is 25.5 Å². The Morgan fingerprint density at radius 2 is 1.97 bits per heavy atom. The van der Waals surface area contributed by atoms with E-state index in [4.69, 9.17) is 4.42 Å². The third kappa shape index (κ3) is 4.12. The minimum absolute atomic E-state index is 0.0496. The Hall–Kier alpha value is -3.81. The fourth-order valence-electron chi connectivity index (χ4n) is 3.06. The number of hydrogen-bond acceptors (Lipinski definition) is 7. The third-order valence-electron chi connectivity index (χ3n) is 4.71. The van der Waals surface area contributed by atoms with Gasteiger partial charge in [0.2, 0.25) is 0 Å². The smallest absolute Gasteiger partial charge is 0.316 e. The van der Waals surface area contributed by atoms with Crippen LogP contribution >= 0.6 is 0 Å². The Kier molecular flexibility index (Phi) is 5.38. The highest BCUT2D eigenvalue weighted by atomic mass is 16.4. The fraction of sp³-hybridized carbons (Fsp3) is 0.227. The van der Waals surface area contributed by atoms with E-state index in [9.17, 15) is 4.79 Å². The largest absolute Gasteiger partial charge is 0.402 e. The SMILES string of the molecule is Cc1ncc(-c2ccc(C(=O)N(C)C)cc2)nc1-c1nnc(NC2C=CC=CC2)o1. The second kappa shape index (κ2) is 8.28. The fourth-order valence-corrected chi connectivity index (χ4v) is 3.06. The molecule has 1 aliphatic carbocycles. The number of aromatic nitrogens is 4. The summed E-state index contributed by atoms with van der Waals surface area (Å²) in [5.41, 5.74) is 3.33. The van der Waals surface area contributed by atoms with Crippen LogP contribution in [0.4, 0.5) is 6.01 Å². The molecule has 3 aromatic rings. The van der Waals surface area contributed by atoms with E-state index in [0.29, 0.717) is 34.6 Å². The van der Waals surface area contributed by atoms with Gasteiger partial charge < -0.3 is 14.6 Å². The van der Waals surface area contributed by atoms with Gasteiger partial charge in [-0.3, -0.25) is 9.78 Å². The van der Waals surface area contributed by atoms with Crippen molar-refractivity contribution in [3.8, 4) is 22.8 Å². The molecule has 1 amide bonds. The minimum Gasteiger partial charge on any atom is -0.402 e. The second-order valence-corrected chi connectivity index (χ2v) is 7.18. The average molecular weight is 402 g/mol. The first-order valence-electron chi connectivity index (χ1n) is 9.61. The van der Waals surface area contributed by atoms with Crippen LogP contribution in [-0.4, -0.2) is 51.1 Å². The molecule has 8 heteroatoms. The van der Waals surface area contributed by atoms with E-state index >= 15 is 0 Å². The van der Waals surface area contributed by atoms with Crippen molar-refractivity contribution in [1.29, 1.82) is 0 Å². The molecule has 1 unspecified atom stereocenters. The number of allylic oxidation sites excluding steroid dienone is 2. The number of aryl methyl sites for hydroxylation is 1. The first-order chi connectivity index (χ1) is 14.5. The van der Waals surface area contributed by atoms with E-state index in [1.165, 1.54) is 0 Å².